The van der Waals surface area contributed by atoms with Crippen LogP contribution in [0.25, 0.3) is 0 Å². The molecule has 2 atom stereocenters. The summed E-state index contributed by atoms with van der Waals surface area (Å²) in [6.07, 6.45) is 3.69. The third-order valence-corrected chi connectivity index (χ3v) is 3.77. The highest BCUT2D eigenvalue weighted by atomic mass is 35.5. The first kappa shape index (κ1) is 26.7. The van der Waals surface area contributed by atoms with E-state index in [1.54, 1.807) is 0 Å². The summed E-state index contributed by atoms with van der Waals surface area (Å²) in [6, 6.07) is -2.30. The molecule has 0 aliphatic carbocycles. The quantitative estimate of drug-likeness (QED) is 0.303. The minimum absolute atomic E-state index is 0. The first-order valence-electron chi connectivity index (χ1n) is 9.09. The minimum atomic E-state index is -1.10. The molecule has 0 aliphatic rings. The summed E-state index contributed by atoms with van der Waals surface area (Å²) in [6.45, 7) is 7.08. The normalized spacial score (nSPS) is 12.7. The van der Waals surface area contributed by atoms with Gasteiger partial charge in [-0.15, -0.1) is 12.4 Å². The Morgan fingerprint density at radius 1 is 1.00 bits per heavy atom. The fourth-order valence-corrected chi connectivity index (χ4v) is 2.27. The largest absolute Gasteiger partial charge is 0.480 e. The highest BCUT2D eigenvalue weighted by molar-refractivity contribution is 5.88. The Kier molecular flexibility index (Phi) is 16.1. The standard InChI is InChI=1S/C17H34N4O4.ClH/c1-4-7-13(15(22)19-11-9-12(2)3)20-17(25)21-14(16(23)24)8-5-6-10-18;/h12-14H,4-11,18H2,1-3H3,(H,19,22)(H,23,24)(H2,20,21,25);1H/t13-,14+;/m1./s1. The van der Waals surface area contributed by atoms with Gasteiger partial charge in [-0.05, 0) is 44.6 Å². The molecule has 3 amide bonds. The fourth-order valence-electron chi connectivity index (χ4n) is 2.27. The molecule has 0 spiro atoms. The summed E-state index contributed by atoms with van der Waals surface area (Å²) >= 11 is 0. The Morgan fingerprint density at radius 3 is 2.12 bits per heavy atom. The number of nitrogens with two attached hydrogens (primary N) is 1. The van der Waals surface area contributed by atoms with E-state index in [1.807, 2.05) is 6.92 Å². The second-order valence-electron chi connectivity index (χ2n) is 6.61. The van der Waals surface area contributed by atoms with Crippen molar-refractivity contribution in [1.82, 2.24) is 16.0 Å². The van der Waals surface area contributed by atoms with E-state index in [-0.39, 0.29) is 18.3 Å². The van der Waals surface area contributed by atoms with Gasteiger partial charge in [0.1, 0.15) is 12.1 Å². The van der Waals surface area contributed by atoms with Crippen molar-refractivity contribution in [2.45, 2.75) is 71.4 Å². The number of carboxylic acids is 1. The topological polar surface area (TPSA) is 134 Å². The molecule has 0 aliphatic heterocycles. The zero-order chi connectivity index (χ0) is 19.2. The van der Waals surface area contributed by atoms with Crippen molar-refractivity contribution in [3.63, 3.8) is 0 Å². The number of amides is 3. The van der Waals surface area contributed by atoms with Crippen LogP contribution in [0.2, 0.25) is 0 Å². The first-order valence-corrected chi connectivity index (χ1v) is 9.09. The van der Waals surface area contributed by atoms with E-state index in [4.69, 9.17) is 5.73 Å². The van der Waals surface area contributed by atoms with Crippen LogP contribution < -0.4 is 21.7 Å². The van der Waals surface area contributed by atoms with E-state index < -0.39 is 24.1 Å². The van der Waals surface area contributed by atoms with Crippen LogP contribution in [-0.4, -0.2) is 48.2 Å². The van der Waals surface area contributed by atoms with Crippen LogP contribution in [0, 0.1) is 5.92 Å². The lowest BCUT2D eigenvalue weighted by Crippen LogP contribution is -2.53. The Balaban J connectivity index is 0. The number of unbranched alkanes of at least 4 members (excludes halogenated alkanes) is 1. The molecule has 0 aromatic carbocycles. The van der Waals surface area contributed by atoms with Gasteiger partial charge in [-0.25, -0.2) is 9.59 Å². The van der Waals surface area contributed by atoms with Crippen LogP contribution in [0.5, 0.6) is 0 Å². The molecule has 0 aromatic rings. The van der Waals surface area contributed by atoms with E-state index in [9.17, 15) is 19.5 Å². The molecule has 26 heavy (non-hydrogen) atoms. The lowest BCUT2D eigenvalue weighted by Gasteiger charge is -2.20. The van der Waals surface area contributed by atoms with Crippen LogP contribution in [-0.2, 0) is 9.59 Å². The zero-order valence-electron chi connectivity index (χ0n) is 16.0. The maximum Gasteiger partial charge on any atom is 0.326 e. The van der Waals surface area contributed by atoms with Gasteiger partial charge in [0.2, 0.25) is 5.91 Å². The molecular formula is C17H35ClN4O4. The highest BCUT2D eigenvalue weighted by Gasteiger charge is 2.23. The summed E-state index contributed by atoms with van der Waals surface area (Å²) in [5.41, 5.74) is 5.39. The average molecular weight is 395 g/mol. The predicted octanol–water partition coefficient (Wildman–Crippen LogP) is 1.62. The molecule has 0 heterocycles. The van der Waals surface area contributed by atoms with Crippen molar-refractivity contribution < 1.29 is 19.5 Å². The number of nitrogens with one attached hydrogen (secondary N) is 3. The van der Waals surface area contributed by atoms with E-state index >= 15 is 0 Å². The van der Waals surface area contributed by atoms with Gasteiger partial charge in [-0.2, -0.15) is 0 Å². The molecule has 0 aromatic heterocycles. The van der Waals surface area contributed by atoms with E-state index in [0.29, 0.717) is 44.7 Å². The molecule has 0 unspecified atom stereocenters. The number of rotatable bonds is 13. The number of halogens is 1. The van der Waals surface area contributed by atoms with Crippen molar-refractivity contribution in [3.8, 4) is 0 Å². The van der Waals surface area contributed by atoms with E-state index in [2.05, 4.69) is 29.8 Å². The first-order chi connectivity index (χ1) is 11.8. The van der Waals surface area contributed by atoms with Gasteiger partial charge in [0.05, 0.1) is 0 Å². The number of carbonyl (C=O) groups is 3. The van der Waals surface area contributed by atoms with Crippen LogP contribution in [0.15, 0.2) is 0 Å². The van der Waals surface area contributed by atoms with Gasteiger partial charge in [-0.3, -0.25) is 4.79 Å². The monoisotopic (exact) mass is 394 g/mol. The smallest absolute Gasteiger partial charge is 0.326 e. The van der Waals surface area contributed by atoms with Crippen LogP contribution in [0.4, 0.5) is 4.79 Å². The SMILES string of the molecule is CCC[C@@H](NC(=O)N[C@@H](CCCCN)C(=O)O)C(=O)NCCC(C)C.Cl. The van der Waals surface area contributed by atoms with Crippen molar-refractivity contribution in [1.29, 1.82) is 0 Å². The second kappa shape index (κ2) is 15.7. The number of carbonyl (C=O) groups excluding carboxylic acids is 2. The summed E-state index contributed by atoms with van der Waals surface area (Å²) in [5, 5.41) is 17.0. The minimum Gasteiger partial charge on any atom is -0.480 e. The molecule has 0 saturated carbocycles. The summed E-state index contributed by atoms with van der Waals surface area (Å²) < 4.78 is 0. The predicted molar refractivity (Wildman–Crippen MR) is 104 cm³/mol. The number of aliphatic carboxylic acids is 1. The van der Waals surface area contributed by atoms with Crippen molar-refractivity contribution in [3.05, 3.63) is 0 Å². The number of hydrogen-bond acceptors (Lipinski definition) is 4. The fraction of sp³-hybridized carbons (Fsp3) is 0.824. The van der Waals surface area contributed by atoms with Gasteiger partial charge in [-0.1, -0.05) is 27.2 Å². The maximum atomic E-state index is 12.2. The highest BCUT2D eigenvalue weighted by Crippen LogP contribution is 2.03. The van der Waals surface area contributed by atoms with Gasteiger partial charge >= 0.3 is 12.0 Å². The Hall–Kier alpha value is -1.54. The molecule has 6 N–H and O–H groups in total. The molecule has 9 heteroatoms. The lowest BCUT2D eigenvalue weighted by atomic mass is 10.1. The Morgan fingerprint density at radius 2 is 1.62 bits per heavy atom. The van der Waals surface area contributed by atoms with Crippen LogP contribution in [0.1, 0.15) is 59.3 Å². The van der Waals surface area contributed by atoms with E-state index in [1.165, 1.54) is 0 Å². The van der Waals surface area contributed by atoms with Gasteiger partial charge in [0, 0.05) is 6.54 Å². The van der Waals surface area contributed by atoms with Gasteiger partial charge < -0.3 is 26.8 Å². The van der Waals surface area contributed by atoms with Gasteiger partial charge in [0.15, 0.2) is 0 Å². The molecule has 0 rings (SSSR count). The Labute approximate surface area is 162 Å². The number of urea groups is 1. The van der Waals surface area contributed by atoms with Crippen LogP contribution >= 0.6 is 12.4 Å². The number of hydrogen-bond donors (Lipinski definition) is 5. The third kappa shape index (κ3) is 12.8. The average Bonchev–Trinajstić information content (AvgIpc) is 2.53. The molecule has 0 fully saturated rings. The van der Waals surface area contributed by atoms with Crippen molar-refractivity contribution >= 4 is 30.3 Å². The van der Waals surface area contributed by atoms with Crippen LogP contribution in [0.3, 0.4) is 0 Å². The molecule has 0 bridgehead atoms. The lowest BCUT2D eigenvalue weighted by molar-refractivity contribution is -0.139. The summed E-state index contributed by atoms with van der Waals surface area (Å²) in [5.74, 6) is -0.862. The molecule has 0 radical (unpaired) electrons. The van der Waals surface area contributed by atoms with Crippen molar-refractivity contribution in [2.75, 3.05) is 13.1 Å². The maximum absolute atomic E-state index is 12.2. The molecule has 8 nitrogen and oxygen atoms in total. The number of carboxylic acid groups (broad SMARTS) is 1. The third-order valence-electron chi connectivity index (χ3n) is 3.77. The Bertz CT molecular complexity index is 422. The van der Waals surface area contributed by atoms with Gasteiger partial charge in [0.25, 0.3) is 0 Å². The summed E-state index contributed by atoms with van der Waals surface area (Å²) in [4.78, 5) is 35.5. The van der Waals surface area contributed by atoms with Crippen molar-refractivity contribution in [2.24, 2.45) is 11.7 Å². The second-order valence-corrected chi connectivity index (χ2v) is 6.61. The zero-order valence-corrected chi connectivity index (χ0v) is 16.9. The molecular weight excluding hydrogens is 360 g/mol. The van der Waals surface area contributed by atoms with E-state index in [0.717, 1.165) is 12.8 Å². The summed E-state index contributed by atoms with van der Waals surface area (Å²) in [7, 11) is 0. The molecule has 154 valence electrons. The molecule has 0 saturated heterocycles.